The fourth-order valence-corrected chi connectivity index (χ4v) is 2.85. The van der Waals surface area contributed by atoms with Crippen molar-refractivity contribution in [2.45, 2.75) is 25.7 Å². The Labute approximate surface area is 132 Å². The Morgan fingerprint density at radius 3 is 2.41 bits per heavy atom. The van der Waals surface area contributed by atoms with Gasteiger partial charge < -0.3 is 10.2 Å². The smallest absolute Gasteiger partial charge is 0.251 e. The normalized spacial score (nSPS) is 11.7. The minimum atomic E-state index is -3.55. The molecule has 1 amide bonds. The van der Waals surface area contributed by atoms with Gasteiger partial charge in [-0.25, -0.2) is 13.1 Å². The topological polar surface area (TPSA) is 78.5 Å². The molecule has 0 aliphatic carbocycles. The molecule has 1 aromatic rings. The van der Waals surface area contributed by atoms with E-state index in [1.165, 1.54) is 19.2 Å². The van der Waals surface area contributed by atoms with Gasteiger partial charge in [-0.15, -0.1) is 0 Å². The van der Waals surface area contributed by atoms with Gasteiger partial charge in [-0.3, -0.25) is 4.79 Å². The predicted octanol–water partition coefficient (Wildman–Crippen LogP) is 0.975. The maximum atomic E-state index is 12.2. The van der Waals surface area contributed by atoms with Gasteiger partial charge >= 0.3 is 0 Å². The maximum absolute atomic E-state index is 12.2. The summed E-state index contributed by atoms with van der Waals surface area (Å²) >= 11 is 0. The van der Waals surface area contributed by atoms with E-state index in [4.69, 9.17) is 0 Å². The number of hydrogen-bond donors (Lipinski definition) is 2. The van der Waals surface area contributed by atoms with Crippen molar-refractivity contribution in [3.05, 3.63) is 29.3 Å². The first-order valence-corrected chi connectivity index (χ1v) is 8.88. The first-order chi connectivity index (χ1) is 10.4. The van der Waals surface area contributed by atoms with E-state index in [9.17, 15) is 13.2 Å². The number of nitrogens with one attached hydrogen (secondary N) is 2. The first kappa shape index (κ1) is 18.6. The zero-order valence-corrected chi connectivity index (χ0v) is 14.5. The first-order valence-electron chi connectivity index (χ1n) is 7.40. The molecule has 1 aromatic carbocycles. The molecule has 0 aromatic heterocycles. The average Bonchev–Trinajstić information content (AvgIpc) is 2.51. The Kier molecular flexibility index (Phi) is 6.99. The number of benzene rings is 1. The molecule has 0 aliphatic rings. The van der Waals surface area contributed by atoms with Crippen LogP contribution in [0.15, 0.2) is 23.1 Å². The Hall–Kier alpha value is -1.44. The Balaban J connectivity index is 2.83. The summed E-state index contributed by atoms with van der Waals surface area (Å²) in [5, 5.41) is 2.84. The minimum Gasteiger partial charge on any atom is -0.351 e. The van der Waals surface area contributed by atoms with E-state index < -0.39 is 10.0 Å². The third-order valence-corrected chi connectivity index (χ3v) is 5.05. The van der Waals surface area contributed by atoms with Gasteiger partial charge in [-0.1, -0.05) is 19.9 Å². The maximum Gasteiger partial charge on any atom is 0.251 e. The monoisotopic (exact) mass is 327 g/mol. The van der Waals surface area contributed by atoms with Crippen LogP contribution in [0, 0.1) is 6.92 Å². The molecule has 0 aliphatic heterocycles. The second-order valence-corrected chi connectivity index (χ2v) is 6.85. The van der Waals surface area contributed by atoms with E-state index in [0.29, 0.717) is 12.1 Å². The number of nitrogens with zero attached hydrogens (tertiary/aromatic N) is 1. The SMILES string of the molecule is CCN(CC)CCNC(=O)c1cc(S(=O)(=O)NC)ccc1C. The van der Waals surface area contributed by atoms with Crippen LogP contribution in [0.25, 0.3) is 0 Å². The zero-order valence-electron chi connectivity index (χ0n) is 13.6. The number of rotatable bonds is 8. The van der Waals surface area contributed by atoms with E-state index in [-0.39, 0.29) is 10.8 Å². The second-order valence-electron chi connectivity index (χ2n) is 4.97. The van der Waals surface area contributed by atoms with E-state index in [1.807, 2.05) is 0 Å². The standard InChI is InChI=1S/C15H25N3O3S/c1-5-18(6-2)10-9-17-15(19)14-11-13(8-7-12(14)3)22(20,21)16-4/h7-8,11,16H,5-6,9-10H2,1-4H3,(H,17,19). The Bertz CT molecular complexity index is 610. The number of aryl methyl sites for hydroxylation is 1. The van der Waals surface area contributed by atoms with Crippen LogP contribution < -0.4 is 10.0 Å². The molecule has 2 N–H and O–H groups in total. The summed E-state index contributed by atoms with van der Waals surface area (Å²) in [6.45, 7) is 9.09. The van der Waals surface area contributed by atoms with Crippen LogP contribution in [0.2, 0.25) is 0 Å². The fourth-order valence-electron chi connectivity index (χ4n) is 2.09. The number of amides is 1. The molecule has 7 heteroatoms. The third kappa shape index (κ3) is 4.79. The lowest BCUT2D eigenvalue weighted by Crippen LogP contribution is -2.35. The summed E-state index contributed by atoms with van der Waals surface area (Å²) in [5.41, 5.74) is 1.13. The zero-order chi connectivity index (χ0) is 16.8. The molecule has 0 saturated heterocycles. The van der Waals surface area contributed by atoms with Gasteiger partial charge in [0.1, 0.15) is 0 Å². The van der Waals surface area contributed by atoms with Crippen LogP contribution in [0.3, 0.4) is 0 Å². The highest BCUT2D eigenvalue weighted by Crippen LogP contribution is 2.15. The molecule has 22 heavy (non-hydrogen) atoms. The van der Waals surface area contributed by atoms with Crippen molar-refractivity contribution in [2.75, 3.05) is 33.2 Å². The fraction of sp³-hybridized carbons (Fsp3) is 0.533. The molecule has 0 atom stereocenters. The number of carbonyl (C=O) groups excluding carboxylic acids is 1. The summed E-state index contributed by atoms with van der Waals surface area (Å²) in [7, 11) is -2.20. The van der Waals surface area contributed by atoms with Crippen molar-refractivity contribution in [3.63, 3.8) is 0 Å². The van der Waals surface area contributed by atoms with Gasteiger partial charge in [0, 0.05) is 18.7 Å². The van der Waals surface area contributed by atoms with Gasteiger partial charge in [0.25, 0.3) is 5.91 Å². The van der Waals surface area contributed by atoms with Crippen LogP contribution in [-0.2, 0) is 10.0 Å². The highest BCUT2D eigenvalue weighted by Gasteiger charge is 2.16. The van der Waals surface area contributed by atoms with Gasteiger partial charge in [-0.2, -0.15) is 0 Å². The lowest BCUT2D eigenvalue weighted by Gasteiger charge is -2.18. The van der Waals surface area contributed by atoms with Gasteiger partial charge in [0.2, 0.25) is 10.0 Å². The summed E-state index contributed by atoms with van der Waals surface area (Å²) < 4.78 is 25.9. The molecular weight excluding hydrogens is 302 g/mol. The van der Waals surface area contributed by atoms with Crippen LogP contribution in [-0.4, -0.2) is 52.5 Å². The highest BCUT2D eigenvalue weighted by atomic mass is 32.2. The van der Waals surface area contributed by atoms with Gasteiger partial charge in [0.05, 0.1) is 4.90 Å². The molecule has 6 nitrogen and oxygen atoms in total. The van der Waals surface area contributed by atoms with E-state index in [2.05, 4.69) is 28.8 Å². The van der Waals surface area contributed by atoms with Crippen molar-refractivity contribution in [1.82, 2.24) is 14.9 Å². The average molecular weight is 327 g/mol. The van der Waals surface area contributed by atoms with Gasteiger partial charge in [0.15, 0.2) is 0 Å². The summed E-state index contributed by atoms with van der Waals surface area (Å²) in [6.07, 6.45) is 0. The quantitative estimate of drug-likeness (QED) is 0.746. The van der Waals surface area contributed by atoms with E-state index in [0.717, 1.165) is 25.2 Å². The molecule has 0 spiro atoms. The van der Waals surface area contributed by atoms with E-state index >= 15 is 0 Å². The van der Waals surface area contributed by atoms with Gasteiger partial charge in [-0.05, 0) is 44.8 Å². The lowest BCUT2D eigenvalue weighted by molar-refractivity contribution is 0.0948. The molecule has 0 radical (unpaired) electrons. The van der Waals surface area contributed by atoms with Crippen molar-refractivity contribution in [3.8, 4) is 0 Å². The Morgan fingerprint density at radius 1 is 1.23 bits per heavy atom. The number of hydrogen-bond acceptors (Lipinski definition) is 4. The molecule has 0 heterocycles. The molecule has 0 bridgehead atoms. The molecule has 0 fully saturated rings. The van der Waals surface area contributed by atoms with E-state index in [1.54, 1.807) is 13.0 Å². The number of sulfonamides is 1. The number of carbonyl (C=O) groups is 1. The molecule has 124 valence electrons. The summed E-state index contributed by atoms with van der Waals surface area (Å²) in [6, 6.07) is 4.55. The van der Waals surface area contributed by atoms with Crippen molar-refractivity contribution in [2.24, 2.45) is 0 Å². The van der Waals surface area contributed by atoms with Crippen LogP contribution in [0.1, 0.15) is 29.8 Å². The summed E-state index contributed by atoms with van der Waals surface area (Å²) in [5.74, 6) is -0.252. The predicted molar refractivity (Wildman–Crippen MR) is 87.5 cm³/mol. The Morgan fingerprint density at radius 2 is 1.86 bits per heavy atom. The molecule has 0 unspecified atom stereocenters. The van der Waals surface area contributed by atoms with Crippen LogP contribution in [0.5, 0.6) is 0 Å². The van der Waals surface area contributed by atoms with Crippen LogP contribution in [0.4, 0.5) is 0 Å². The number of likely N-dealkylation sites (N-methyl/N-ethyl adjacent to an activating group) is 1. The lowest BCUT2D eigenvalue weighted by atomic mass is 10.1. The molecular formula is C15H25N3O3S. The molecule has 1 rings (SSSR count). The summed E-state index contributed by atoms with van der Waals surface area (Å²) in [4.78, 5) is 14.5. The van der Waals surface area contributed by atoms with Crippen molar-refractivity contribution < 1.29 is 13.2 Å². The van der Waals surface area contributed by atoms with Crippen LogP contribution >= 0.6 is 0 Å². The molecule has 0 saturated carbocycles. The highest BCUT2D eigenvalue weighted by molar-refractivity contribution is 7.89. The second kappa shape index (κ2) is 8.26. The van der Waals surface area contributed by atoms with Crippen molar-refractivity contribution >= 4 is 15.9 Å². The largest absolute Gasteiger partial charge is 0.351 e. The minimum absolute atomic E-state index is 0.0921. The third-order valence-electron chi connectivity index (χ3n) is 3.64. The van der Waals surface area contributed by atoms with Crippen molar-refractivity contribution in [1.29, 1.82) is 0 Å².